The van der Waals surface area contributed by atoms with E-state index in [2.05, 4.69) is 15.7 Å². The van der Waals surface area contributed by atoms with Crippen molar-refractivity contribution in [3.63, 3.8) is 0 Å². The average molecular weight is 411 g/mol. The highest BCUT2D eigenvalue weighted by Gasteiger charge is 2.42. The fraction of sp³-hybridized carbons (Fsp3) is 0.588. The highest BCUT2D eigenvalue weighted by molar-refractivity contribution is 7.89. The lowest BCUT2D eigenvalue weighted by Crippen LogP contribution is -3.14. The Hall–Kier alpha value is -1.62. The molecule has 10 heteroatoms. The molecule has 1 aromatic carbocycles. The van der Waals surface area contributed by atoms with Crippen LogP contribution in [0.25, 0.3) is 11.0 Å². The number of quaternary nitrogens is 1. The normalized spacial score (nSPS) is 22.6. The third kappa shape index (κ3) is 3.35. The number of rotatable bonds is 4. The van der Waals surface area contributed by atoms with Crippen molar-refractivity contribution >= 4 is 38.7 Å². The van der Waals surface area contributed by atoms with Crippen LogP contribution in [0.1, 0.15) is 19.8 Å². The summed E-state index contributed by atoms with van der Waals surface area (Å²) in [6.07, 6.45) is 1.27. The lowest BCUT2D eigenvalue weighted by Gasteiger charge is -2.34. The highest BCUT2D eigenvalue weighted by Crippen LogP contribution is 2.30. The fourth-order valence-electron chi connectivity index (χ4n) is 4.00. The molecule has 1 unspecified atom stereocenters. The van der Waals surface area contributed by atoms with Gasteiger partial charge in [-0.1, -0.05) is 6.07 Å². The van der Waals surface area contributed by atoms with Crippen LogP contribution in [0.5, 0.6) is 0 Å². The monoisotopic (exact) mass is 410 g/mol. The number of fused-ring (bicyclic) bond motifs is 1. The lowest BCUT2D eigenvalue weighted by atomic mass is 10.2. The van der Waals surface area contributed by atoms with Crippen LogP contribution in [-0.4, -0.2) is 77.6 Å². The largest absolute Gasteiger partial charge is 0.332 e. The predicted octanol–water partition coefficient (Wildman–Crippen LogP) is -0.409. The Morgan fingerprint density at radius 1 is 1.26 bits per heavy atom. The molecule has 2 aliphatic heterocycles. The van der Waals surface area contributed by atoms with E-state index in [-0.39, 0.29) is 10.8 Å². The number of hydrogen-bond donors (Lipinski definition) is 1. The standard InChI is InChI=1S/C17H23N5O3S2/c1-2-20-9-11-21(12-10-20)17(23)14-6-4-8-22(14)27(24,25)15-7-3-5-13-16(15)19-26-18-13/h3,5,7,14H,2,4,6,8-12H2,1H3/p+1. The van der Waals surface area contributed by atoms with Crippen molar-refractivity contribution < 1.29 is 18.1 Å². The van der Waals surface area contributed by atoms with Crippen molar-refractivity contribution in [3.05, 3.63) is 18.2 Å². The number of carbonyl (C=O) groups excluding carboxylic acids is 1. The molecular weight excluding hydrogens is 386 g/mol. The number of aromatic nitrogens is 2. The number of likely N-dealkylation sites (N-methyl/N-ethyl adjacent to an activating group) is 1. The summed E-state index contributed by atoms with van der Waals surface area (Å²) in [5.41, 5.74) is 0.961. The van der Waals surface area contributed by atoms with Crippen LogP contribution in [0.4, 0.5) is 0 Å². The van der Waals surface area contributed by atoms with Gasteiger partial charge in [-0.25, -0.2) is 8.42 Å². The Morgan fingerprint density at radius 2 is 2.04 bits per heavy atom. The van der Waals surface area contributed by atoms with Gasteiger partial charge >= 0.3 is 0 Å². The van der Waals surface area contributed by atoms with Crippen LogP contribution in [0.2, 0.25) is 0 Å². The number of hydrogen-bond acceptors (Lipinski definition) is 6. The quantitative estimate of drug-likeness (QED) is 0.741. The molecule has 0 spiro atoms. The van der Waals surface area contributed by atoms with Gasteiger partial charge in [0.2, 0.25) is 15.9 Å². The van der Waals surface area contributed by atoms with E-state index < -0.39 is 16.1 Å². The Balaban J connectivity index is 1.59. The first kappa shape index (κ1) is 18.7. The van der Waals surface area contributed by atoms with Crippen molar-refractivity contribution in [2.45, 2.75) is 30.7 Å². The summed E-state index contributed by atoms with van der Waals surface area (Å²) >= 11 is 0.997. The summed E-state index contributed by atoms with van der Waals surface area (Å²) in [5, 5.41) is 0. The minimum atomic E-state index is -3.80. The first-order valence-electron chi connectivity index (χ1n) is 9.38. The zero-order valence-electron chi connectivity index (χ0n) is 15.3. The number of carbonyl (C=O) groups is 1. The number of nitrogens with one attached hydrogen (secondary N) is 1. The minimum Gasteiger partial charge on any atom is -0.332 e. The molecule has 2 aliphatic rings. The third-order valence-corrected chi connectivity index (χ3v) is 8.09. The lowest BCUT2D eigenvalue weighted by molar-refractivity contribution is -0.902. The maximum Gasteiger partial charge on any atom is 0.246 e. The van der Waals surface area contributed by atoms with Crippen molar-refractivity contribution in [2.75, 3.05) is 39.3 Å². The Labute approximate surface area is 163 Å². The summed E-state index contributed by atoms with van der Waals surface area (Å²) in [7, 11) is -3.80. The SMILES string of the molecule is CC[NH+]1CCN(C(=O)C2CCCN2S(=O)(=O)c2cccc3nsnc23)CC1. The molecule has 3 heterocycles. The first-order chi connectivity index (χ1) is 13.0. The molecule has 2 aromatic rings. The molecule has 27 heavy (non-hydrogen) atoms. The van der Waals surface area contributed by atoms with Gasteiger partial charge in [-0.05, 0) is 31.9 Å². The zero-order chi connectivity index (χ0) is 19.0. The van der Waals surface area contributed by atoms with Crippen molar-refractivity contribution in [1.82, 2.24) is 18.0 Å². The second kappa shape index (κ2) is 7.42. The number of sulfonamides is 1. The van der Waals surface area contributed by atoms with Crippen LogP contribution in [0.15, 0.2) is 23.1 Å². The Kier molecular flexibility index (Phi) is 5.15. The molecule has 0 aliphatic carbocycles. The Morgan fingerprint density at radius 3 is 2.78 bits per heavy atom. The molecule has 0 saturated carbocycles. The predicted molar refractivity (Wildman–Crippen MR) is 102 cm³/mol. The molecule has 146 valence electrons. The van der Waals surface area contributed by atoms with Crippen LogP contribution >= 0.6 is 11.7 Å². The molecule has 1 N–H and O–H groups in total. The molecule has 2 saturated heterocycles. The summed E-state index contributed by atoms with van der Waals surface area (Å²) in [5.74, 6) is -0.0604. The summed E-state index contributed by atoms with van der Waals surface area (Å²) in [6, 6.07) is 4.37. The number of benzene rings is 1. The summed E-state index contributed by atoms with van der Waals surface area (Å²) in [4.78, 5) is 16.5. The molecule has 0 bridgehead atoms. The van der Waals surface area contributed by atoms with Gasteiger partial charge in [-0.3, -0.25) is 4.79 Å². The topological polar surface area (TPSA) is 87.9 Å². The van der Waals surface area contributed by atoms with Crippen LogP contribution < -0.4 is 4.90 Å². The fourth-order valence-corrected chi connectivity index (χ4v) is 6.40. The second-order valence-electron chi connectivity index (χ2n) is 7.09. The van der Waals surface area contributed by atoms with E-state index in [9.17, 15) is 13.2 Å². The highest BCUT2D eigenvalue weighted by atomic mass is 32.2. The van der Waals surface area contributed by atoms with Gasteiger partial charge in [0, 0.05) is 6.54 Å². The Bertz CT molecular complexity index is 937. The summed E-state index contributed by atoms with van der Waals surface area (Å²) in [6.45, 7) is 6.80. The molecule has 2 fully saturated rings. The van der Waals surface area contributed by atoms with Gasteiger partial charge in [0.15, 0.2) is 0 Å². The van der Waals surface area contributed by atoms with E-state index in [0.29, 0.717) is 43.5 Å². The van der Waals surface area contributed by atoms with E-state index in [0.717, 1.165) is 31.4 Å². The molecule has 1 atom stereocenters. The number of amides is 1. The average Bonchev–Trinajstić information content (AvgIpc) is 3.36. The molecule has 8 nitrogen and oxygen atoms in total. The van der Waals surface area contributed by atoms with Gasteiger partial charge in [0.25, 0.3) is 0 Å². The summed E-state index contributed by atoms with van der Waals surface area (Å²) < 4.78 is 36.3. The number of nitrogens with zero attached hydrogens (tertiary/aromatic N) is 4. The molecule has 0 radical (unpaired) electrons. The molecular formula is C17H24N5O3S2+. The number of piperazine rings is 1. The maximum atomic E-state index is 13.3. The van der Waals surface area contributed by atoms with Crippen molar-refractivity contribution in [2.24, 2.45) is 0 Å². The van der Waals surface area contributed by atoms with Gasteiger partial charge in [-0.15, -0.1) is 0 Å². The smallest absolute Gasteiger partial charge is 0.246 e. The van der Waals surface area contributed by atoms with Crippen LogP contribution in [-0.2, 0) is 14.8 Å². The molecule has 4 rings (SSSR count). The van der Waals surface area contributed by atoms with E-state index in [1.807, 2.05) is 4.90 Å². The van der Waals surface area contributed by atoms with Crippen molar-refractivity contribution in [3.8, 4) is 0 Å². The molecule has 1 aromatic heterocycles. The van der Waals surface area contributed by atoms with E-state index in [4.69, 9.17) is 0 Å². The minimum absolute atomic E-state index is 0.0604. The van der Waals surface area contributed by atoms with Crippen molar-refractivity contribution in [1.29, 1.82) is 0 Å². The van der Waals surface area contributed by atoms with E-state index in [1.165, 1.54) is 9.21 Å². The van der Waals surface area contributed by atoms with Gasteiger partial charge in [-0.2, -0.15) is 13.1 Å². The maximum absolute atomic E-state index is 13.3. The third-order valence-electron chi connectivity index (χ3n) is 5.61. The molecule has 1 amide bonds. The first-order valence-corrected chi connectivity index (χ1v) is 11.5. The van der Waals surface area contributed by atoms with Gasteiger partial charge in [0.05, 0.1) is 44.5 Å². The van der Waals surface area contributed by atoms with Gasteiger partial charge < -0.3 is 9.80 Å². The zero-order valence-corrected chi connectivity index (χ0v) is 16.9. The van der Waals surface area contributed by atoms with Gasteiger partial charge in [0.1, 0.15) is 22.0 Å². The van der Waals surface area contributed by atoms with Crippen LogP contribution in [0, 0.1) is 0 Å². The van der Waals surface area contributed by atoms with Crippen LogP contribution in [0.3, 0.4) is 0 Å². The van der Waals surface area contributed by atoms with E-state index in [1.54, 1.807) is 18.2 Å². The second-order valence-corrected chi connectivity index (χ2v) is 9.48. The van der Waals surface area contributed by atoms with E-state index >= 15 is 0 Å².